The molecule has 20 heavy (non-hydrogen) atoms. The van der Waals surface area contributed by atoms with Gasteiger partial charge in [0.2, 0.25) is 5.91 Å². The Hall–Kier alpha value is -1.40. The van der Waals surface area contributed by atoms with Gasteiger partial charge in [0.1, 0.15) is 5.82 Å². The molecule has 0 radical (unpaired) electrons. The molecule has 0 saturated carbocycles. The first-order valence-electron chi connectivity index (χ1n) is 5.90. The smallest absolute Gasteiger partial charge is 0.237 e. The predicted octanol–water partition coefficient (Wildman–Crippen LogP) is 4.10. The van der Waals surface area contributed by atoms with E-state index in [9.17, 15) is 9.18 Å². The highest BCUT2D eigenvalue weighted by molar-refractivity contribution is 9.10. The van der Waals surface area contributed by atoms with Crippen molar-refractivity contribution in [1.29, 1.82) is 0 Å². The molecule has 1 N–H and O–H groups in total. The average molecular weight is 355 g/mol. The Balaban J connectivity index is 2.01. The van der Waals surface area contributed by atoms with Gasteiger partial charge < -0.3 is 5.32 Å². The molecule has 1 atom stereocenters. The number of nitrogens with one attached hydrogen (secondary N) is 1. The van der Waals surface area contributed by atoms with Crippen molar-refractivity contribution in [3.63, 3.8) is 0 Å². The van der Waals surface area contributed by atoms with Gasteiger partial charge in [0.25, 0.3) is 0 Å². The van der Waals surface area contributed by atoms with Gasteiger partial charge in [-0.25, -0.2) is 9.37 Å². The molecule has 0 aliphatic heterocycles. The predicted molar refractivity (Wildman–Crippen MR) is 82.3 cm³/mol. The number of halogens is 2. The summed E-state index contributed by atoms with van der Waals surface area (Å²) in [7, 11) is 0. The van der Waals surface area contributed by atoms with Crippen LogP contribution in [0, 0.1) is 5.82 Å². The van der Waals surface area contributed by atoms with Crippen molar-refractivity contribution in [3.05, 3.63) is 52.9 Å². The lowest BCUT2D eigenvalue weighted by molar-refractivity contribution is -0.115. The largest absolute Gasteiger partial charge is 0.323 e. The van der Waals surface area contributed by atoms with Crippen LogP contribution < -0.4 is 5.32 Å². The Labute approximate surface area is 129 Å². The lowest BCUT2D eigenvalue weighted by atomic mass is 10.3. The minimum Gasteiger partial charge on any atom is -0.323 e. The van der Waals surface area contributed by atoms with E-state index in [-0.39, 0.29) is 16.8 Å². The number of aromatic nitrogens is 1. The maximum absolute atomic E-state index is 13.6. The van der Waals surface area contributed by atoms with E-state index in [0.29, 0.717) is 4.47 Å². The fourth-order valence-electron chi connectivity index (χ4n) is 1.48. The van der Waals surface area contributed by atoms with Crippen molar-refractivity contribution in [2.75, 3.05) is 5.32 Å². The molecule has 1 unspecified atom stereocenters. The number of carbonyl (C=O) groups is 1. The van der Waals surface area contributed by atoms with Crippen molar-refractivity contribution in [3.8, 4) is 0 Å². The highest BCUT2D eigenvalue weighted by Gasteiger charge is 2.16. The summed E-state index contributed by atoms with van der Waals surface area (Å²) < 4.78 is 14.3. The second-order valence-electron chi connectivity index (χ2n) is 4.04. The monoisotopic (exact) mass is 354 g/mol. The highest BCUT2D eigenvalue weighted by atomic mass is 79.9. The summed E-state index contributed by atoms with van der Waals surface area (Å²) in [5.41, 5.74) is 0.173. The average Bonchev–Trinajstić information content (AvgIpc) is 2.43. The fraction of sp³-hybridized carbons (Fsp3) is 0.143. The van der Waals surface area contributed by atoms with Gasteiger partial charge in [-0.2, -0.15) is 0 Å². The van der Waals surface area contributed by atoms with E-state index < -0.39 is 5.82 Å². The molecule has 0 bridgehead atoms. The van der Waals surface area contributed by atoms with Gasteiger partial charge in [-0.1, -0.05) is 33.8 Å². The number of rotatable bonds is 4. The second kappa shape index (κ2) is 6.85. The normalized spacial score (nSPS) is 11.9. The van der Waals surface area contributed by atoms with E-state index in [1.54, 1.807) is 19.2 Å². The number of anilines is 1. The molecule has 0 fully saturated rings. The molecule has 2 aromatic rings. The number of hydrogen-bond donors (Lipinski definition) is 1. The third-order valence-electron chi connectivity index (χ3n) is 2.49. The Morgan fingerprint density at radius 3 is 2.85 bits per heavy atom. The number of carbonyl (C=O) groups excluding carboxylic acids is 1. The van der Waals surface area contributed by atoms with E-state index in [1.165, 1.54) is 23.9 Å². The first-order chi connectivity index (χ1) is 9.56. The Kier molecular flexibility index (Phi) is 5.14. The molecule has 0 aliphatic carbocycles. The molecule has 0 spiro atoms. The summed E-state index contributed by atoms with van der Waals surface area (Å²) in [5.74, 6) is -0.732. The standard InChI is InChI=1S/C14H12BrFN2OS/c1-9(20-13-4-2-3-7-17-13)14(19)18-12-6-5-10(15)8-11(12)16/h2-9H,1H3,(H,18,19). The third kappa shape index (κ3) is 4.05. The summed E-state index contributed by atoms with van der Waals surface area (Å²) >= 11 is 4.50. The van der Waals surface area contributed by atoms with Gasteiger partial charge in [0, 0.05) is 10.7 Å². The van der Waals surface area contributed by atoms with Crippen molar-refractivity contribution in [1.82, 2.24) is 4.98 Å². The Morgan fingerprint density at radius 2 is 2.20 bits per heavy atom. The lowest BCUT2D eigenvalue weighted by Crippen LogP contribution is -2.23. The molecular formula is C14H12BrFN2OS. The summed E-state index contributed by atoms with van der Waals surface area (Å²) in [6.45, 7) is 1.76. The zero-order valence-corrected chi connectivity index (χ0v) is 13.0. The maximum atomic E-state index is 13.6. The lowest BCUT2D eigenvalue weighted by Gasteiger charge is -2.12. The van der Waals surface area contributed by atoms with Crippen LogP contribution in [0.4, 0.5) is 10.1 Å². The number of hydrogen-bond acceptors (Lipinski definition) is 3. The molecule has 0 aliphatic rings. The van der Waals surface area contributed by atoms with Gasteiger partial charge >= 0.3 is 0 Å². The third-order valence-corrected chi connectivity index (χ3v) is 4.04. The van der Waals surface area contributed by atoms with Crippen LogP contribution in [0.3, 0.4) is 0 Å². The SMILES string of the molecule is CC(Sc1ccccn1)C(=O)Nc1ccc(Br)cc1F. The summed E-state index contributed by atoms with van der Waals surface area (Å²) in [5, 5.41) is 2.96. The number of nitrogens with zero attached hydrogens (tertiary/aromatic N) is 1. The van der Waals surface area contributed by atoms with Crippen molar-refractivity contribution >= 4 is 39.3 Å². The minimum atomic E-state index is -0.470. The van der Waals surface area contributed by atoms with Crippen molar-refractivity contribution in [2.45, 2.75) is 17.2 Å². The van der Waals surface area contributed by atoms with Crippen LogP contribution in [0.2, 0.25) is 0 Å². The van der Waals surface area contributed by atoms with Crippen LogP contribution in [0.1, 0.15) is 6.92 Å². The van der Waals surface area contributed by atoms with Crippen molar-refractivity contribution in [2.24, 2.45) is 0 Å². The number of pyridine rings is 1. The first-order valence-corrected chi connectivity index (χ1v) is 7.57. The molecule has 3 nitrogen and oxygen atoms in total. The topological polar surface area (TPSA) is 42.0 Å². The highest BCUT2D eigenvalue weighted by Crippen LogP contribution is 2.23. The van der Waals surface area contributed by atoms with E-state index >= 15 is 0 Å². The van der Waals surface area contributed by atoms with Crippen LogP contribution in [-0.4, -0.2) is 16.1 Å². The summed E-state index contributed by atoms with van der Waals surface area (Å²) in [6.07, 6.45) is 1.67. The van der Waals surface area contributed by atoms with E-state index in [2.05, 4.69) is 26.2 Å². The molecule has 1 aromatic heterocycles. The van der Waals surface area contributed by atoms with E-state index in [1.807, 2.05) is 18.2 Å². The van der Waals surface area contributed by atoms with Crippen LogP contribution in [-0.2, 0) is 4.79 Å². The van der Waals surface area contributed by atoms with Gasteiger partial charge in [-0.05, 0) is 37.3 Å². The molecule has 6 heteroatoms. The van der Waals surface area contributed by atoms with Gasteiger partial charge in [0.15, 0.2) is 0 Å². The zero-order chi connectivity index (χ0) is 14.5. The van der Waals surface area contributed by atoms with E-state index in [4.69, 9.17) is 0 Å². The van der Waals surface area contributed by atoms with Crippen molar-refractivity contribution < 1.29 is 9.18 Å². The minimum absolute atomic E-state index is 0.173. The second-order valence-corrected chi connectivity index (χ2v) is 6.32. The molecule has 104 valence electrons. The van der Waals surface area contributed by atoms with E-state index in [0.717, 1.165) is 5.03 Å². The van der Waals surface area contributed by atoms with Crippen LogP contribution in [0.15, 0.2) is 52.1 Å². The Morgan fingerprint density at radius 1 is 1.40 bits per heavy atom. The van der Waals surface area contributed by atoms with Crippen LogP contribution >= 0.6 is 27.7 Å². The molecule has 1 amide bonds. The summed E-state index contributed by atoms with van der Waals surface area (Å²) in [6, 6.07) is 10.0. The summed E-state index contributed by atoms with van der Waals surface area (Å²) in [4.78, 5) is 16.2. The van der Waals surface area contributed by atoms with Gasteiger partial charge in [-0.15, -0.1) is 0 Å². The number of benzene rings is 1. The number of amides is 1. The Bertz CT molecular complexity index is 609. The molecular weight excluding hydrogens is 343 g/mol. The van der Waals surface area contributed by atoms with Gasteiger partial charge in [-0.3, -0.25) is 4.79 Å². The molecule has 1 aromatic carbocycles. The maximum Gasteiger partial charge on any atom is 0.237 e. The first kappa shape index (κ1) is 15.0. The molecule has 0 saturated heterocycles. The molecule has 1 heterocycles. The zero-order valence-electron chi connectivity index (χ0n) is 10.6. The fourth-order valence-corrected chi connectivity index (χ4v) is 2.62. The van der Waals surface area contributed by atoms with Gasteiger partial charge in [0.05, 0.1) is 16.0 Å². The molecule has 2 rings (SSSR count). The quantitative estimate of drug-likeness (QED) is 0.840. The van der Waals surface area contributed by atoms with Crippen LogP contribution in [0.5, 0.6) is 0 Å². The number of thioether (sulfide) groups is 1. The van der Waals surface area contributed by atoms with Crippen LogP contribution in [0.25, 0.3) is 0 Å².